The van der Waals surface area contributed by atoms with E-state index < -0.39 is 6.09 Å². The Hall–Kier alpha value is -0.770. The molecule has 4 heteroatoms. The van der Waals surface area contributed by atoms with Gasteiger partial charge in [-0.1, -0.05) is 0 Å². The first-order chi connectivity index (χ1) is 6.24. The van der Waals surface area contributed by atoms with Crippen LogP contribution in [0.3, 0.4) is 0 Å². The van der Waals surface area contributed by atoms with Crippen LogP contribution >= 0.6 is 0 Å². The van der Waals surface area contributed by atoms with Gasteiger partial charge in [-0.15, -0.1) is 0 Å². The van der Waals surface area contributed by atoms with Gasteiger partial charge in [0.05, 0.1) is 0 Å². The van der Waals surface area contributed by atoms with E-state index in [1.165, 1.54) is 4.90 Å². The second kappa shape index (κ2) is 5.07. The van der Waals surface area contributed by atoms with Crippen LogP contribution in [0.1, 0.15) is 19.3 Å². The van der Waals surface area contributed by atoms with Crippen LogP contribution in [0.15, 0.2) is 0 Å². The van der Waals surface area contributed by atoms with Gasteiger partial charge in [-0.05, 0) is 25.2 Å². The summed E-state index contributed by atoms with van der Waals surface area (Å²) in [6.07, 6.45) is 2.30. The van der Waals surface area contributed by atoms with Gasteiger partial charge in [-0.3, -0.25) is 0 Å². The summed E-state index contributed by atoms with van der Waals surface area (Å²) in [6.45, 7) is 2.11. The van der Waals surface area contributed by atoms with Crippen molar-refractivity contribution in [3.8, 4) is 0 Å². The molecule has 0 aliphatic carbocycles. The number of nitrogens with zero attached hydrogens (tertiary/aromatic N) is 1. The molecule has 1 rings (SSSR count). The number of rotatable bonds is 3. The molecule has 0 aromatic carbocycles. The lowest BCUT2D eigenvalue weighted by molar-refractivity contribution is 0.105. The Morgan fingerprint density at radius 1 is 1.69 bits per heavy atom. The average Bonchev–Trinajstić information content (AvgIpc) is 2.15. The fourth-order valence-electron chi connectivity index (χ4n) is 1.76. The van der Waals surface area contributed by atoms with E-state index in [0.29, 0.717) is 19.0 Å². The van der Waals surface area contributed by atoms with Gasteiger partial charge in [0, 0.05) is 26.8 Å². The van der Waals surface area contributed by atoms with Gasteiger partial charge in [0.1, 0.15) is 0 Å². The summed E-state index contributed by atoms with van der Waals surface area (Å²) < 4.78 is 4.97. The highest BCUT2D eigenvalue weighted by Gasteiger charge is 2.22. The van der Waals surface area contributed by atoms with Crippen molar-refractivity contribution in [3.63, 3.8) is 0 Å². The lowest BCUT2D eigenvalue weighted by Gasteiger charge is -2.30. The number of carboxylic acid groups (broad SMARTS) is 1. The highest BCUT2D eigenvalue weighted by atomic mass is 16.5. The SMILES string of the molecule is COCCC1CCCN(C(=O)O)C1. The van der Waals surface area contributed by atoms with Crippen LogP contribution in [-0.4, -0.2) is 42.9 Å². The number of methoxy groups -OCH3 is 1. The molecule has 4 nitrogen and oxygen atoms in total. The molecule has 1 atom stereocenters. The van der Waals surface area contributed by atoms with Gasteiger partial charge in [0.15, 0.2) is 0 Å². The van der Waals surface area contributed by atoms with Crippen molar-refractivity contribution < 1.29 is 14.6 Å². The summed E-state index contributed by atoms with van der Waals surface area (Å²) >= 11 is 0. The van der Waals surface area contributed by atoms with Crippen LogP contribution in [0.4, 0.5) is 4.79 Å². The van der Waals surface area contributed by atoms with Gasteiger partial charge in [-0.25, -0.2) is 4.79 Å². The highest BCUT2D eigenvalue weighted by molar-refractivity contribution is 5.65. The van der Waals surface area contributed by atoms with Crippen molar-refractivity contribution in [2.75, 3.05) is 26.8 Å². The van der Waals surface area contributed by atoms with E-state index in [-0.39, 0.29) is 0 Å². The molecule has 0 aromatic heterocycles. The second-order valence-electron chi connectivity index (χ2n) is 3.52. The van der Waals surface area contributed by atoms with E-state index in [9.17, 15) is 4.79 Å². The quantitative estimate of drug-likeness (QED) is 0.726. The standard InChI is InChI=1S/C9H17NO3/c1-13-6-4-8-3-2-5-10(7-8)9(11)12/h8H,2-7H2,1H3,(H,11,12). The van der Waals surface area contributed by atoms with Crippen LogP contribution in [-0.2, 0) is 4.74 Å². The molecule has 1 heterocycles. The summed E-state index contributed by atoms with van der Waals surface area (Å²) in [5.41, 5.74) is 0. The van der Waals surface area contributed by atoms with Gasteiger partial charge in [0.25, 0.3) is 0 Å². The normalized spacial score (nSPS) is 23.2. The first-order valence-corrected chi connectivity index (χ1v) is 4.71. The van der Waals surface area contributed by atoms with Crippen LogP contribution < -0.4 is 0 Å². The Bertz CT molecular complexity index is 172. The average molecular weight is 187 g/mol. The summed E-state index contributed by atoms with van der Waals surface area (Å²) in [5.74, 6) is 0.491. The highest BCUT2D eigenvalue weighted by Crippen LogP contribution is 2.19. The molecule has 1 saturated heterocycles. The second-order valence-corrected chi connectivity index (χ2v) is 3.52. The third-order valence-electron chi connectivity index (χ3n) is 2.52. The first kappa shape index (κ1) is 10.3. The largest absolute Gasteiger partial charge is 0.465 e. The number of hydrogen-bond donors (Lipinski definition) is 1. The zero-order valence-corrected chi connectivity index (χ0v) is 8.03. The fraction of sp³-hybridized carbons (Fsp3) is 0.889. The summed E-state index contributed by atoms with van der Waals surface area (Å²) in [6, 6.07) is 0. The molecule has 1 aliphatic heterocycles. The predicted molar refractivity (Wildman–Crippen MR) is 48.8 cm³/mol. The molecule has 76 valence electrons. The molecule has 0 aromatic rings. The summed E-state index contributed by atoms with van der Waals surface area (Å²) in [5, 5.41) is 8.78. The first-order valence-electron chi connectivity index (χ1n) is 4.71. The molecule has 13 heavy (non-hydrogen) atoms. The number of likely N-dealkylation sites (tertiary alicyclic amines) is 1. The molecule has 1 amide bonds. The van der Waals surface area contributed by atoms with Gasteiger partial charge >= 0.3 is 6.09 Å². The number of carbonyl (C=O) groups is 1. The molecule has 1 unspecified atom stereocenters. The molecular formula is C9H17NO3. The molecule has 1 N–H and O–H groups in total. The van der Waals surface area contributed by atoms with Crippen molar-refractivity contribution in [2.45, 2.75) is 19.3 Å². The molecule has 0 spiro atoms. The number of piperidine rings is 1. The summed E-state index contributed by atoms with van der Waals surface area (Å²) in [7, 11) is 1.68. The van der Waals surface area contributed by atoms with Crippen molar-refractivity contribution in [1.82, 2.24) is 4.90 Å². The Labute approximate surface area is 78.5 Å². The maximum absolute atomic E-state index is 10.7. The van der Waals surface area contributed by atoms with Crippen molar-refractivity contribution >= 4 is 6.09 Å². The van der Waals surface area contributed by atoms with E-state index >= 15 is 0 Å². The van der Waals surface area contributed by atoms with Crippen LogP contribution in [0.25, 0.3) is 0 Å². The van der Waals surface area contributed by atoms with E-state index in [4.69, 9.17) is 9.84 Å². The van der Waals surface area contributed by atoms with Gasteiger partial charge < -0.3 is 14.7 Å². The Kier molecular flexibility index (Phi) is 4.02. The van der Waals surface area contributed by atoms with Crippen LogP contribution in [0.2, 0.25) is 0 Å². The minimum atomic E-state index is -0.790. The Balaban J connectivity index is 2.29. The molecule has 0 saturated carbocycles. The zero-order chi connectivity index (χ0) is 9.68. The molecule has 1 fully saturated rings. The van der Waals surface area contributed by atoms with E-state index in [1.54, 1.807) is 7.11 Å². The smallest absolute Gasteiger partial charge is 0.407 e. The number of amides is 1. The zero-order valence-electron chi connectivity index (χ0n) is 8.03. The molecule has 0 radical (unpaired) electrons. The fourth-order valence-corrected chi connectivity index (χ4v) is 1.76. The Morgan fingerprint density at radius 2 is 2.46 bits per heavy atom. The number of hydrogen-bond acceptors (Lipinski definition) is 2. The molecule has 1 aliphatic rings. The monoisotopic (exact) mass is 187 g/mol. The minimum absolute atomic E-state index is 0.491. The van der Waals surface area contributed by atoms with Crippen LogP contribution in [0.5, 0.6) is 0 Å². The van der Waals surface area contributed by atoms with Crippen molar-refractivity contribution in [3.05, 3.63) is 0 Å². The van der Waals surface area contributed by atoms with Crippen molar-refractivity contribution in [1.29, 1.82) is 0 Å². The topological polar surface area (TPSA) is 49.8 Å². The van der Waals surface area contributed by atoms with E-state index in [1.807, 2.05) is 0 Å². The predicted octanol–water partition coefficient (Wildman–Crippen LogP) is 1.41. The lowest BCUT2D eigenvalue weighted by atomic mass is 9.95. The van der Waals surface area contributed by atoms with E-state index in [0.717, 1.165) is 25.9 Å². The summed E-state index contributed by atoms with van der Waals surface area (Å²) in [4.78, 5) is 12.2. The maximum atomic E-state index is 10.7. The van der Waals surface area contributed by atoms with Gasteiger partial charge in [-0.2, -0.15) is 0 Å². The van der Waals surface area contributed by atoms with Crippen LogP contribution in [0, 0.1) is 5.92 Å². The van der Waals surface area contributed by atoms with Crippen molar-refractivity contribution in [2.24, 2.45) is 5.92 Å². The number of ether oxygens (including phenoxy) is 1. The minimum Gasteiger partial charge on any atom is -0.465 e. The van der Waals surface area contributed by atoms with E-state index in [2.05, 4.69) is 0 Å². The van der Waals surface area contributed by atoms with Gasteiger partial charge in [0.2, 0.25) is 0 Å². The third-order valence-corrected chi connectivity index (χ3v) is 2.52. The maximum Gasteiger partial charge on any atom is 0.407 e. The lowest BCUT2D eigenvalue weighted by Crippen LogP contribution is -2.39. The third kappa shape index (κ3) is 3.22. The molecule has 0 bridgehead atoms. The Morgan fingerprint density at radius 3 is 3.08 bits per heavy atom. The molecular weight excluding hydrogens is 170 g/mol.